The van der Waals surface area contributed by atoms with E-state index in [-0.39, 0.29) is 0 Å². The number of fused-ring (bicyclic) bond motifs is 1. The molecule has 0 aliphatic carbocycles. The SMILES string of the molecule is COC(=O)c1ccnc(NC2CCN3CCCC23)c1N. The molecule has 2 aliphatic heterocycles. The van der Waals surface area contributed by atoms with E-state index in [1.54, 1.807) is 12.3 Å². The van der Waals surface area contributed by atoms with Gasteiger partial charge in [-0.3, -0.25) is 4.90 Å². The number of aromatic nitrogens is 1. The average molecular weight is 276 g/mol. The Balaban J connectivity index is 1.79. The van der Waals surface area contributed by atoms with Crippen molar-refractivity contribution < 1.29 is 9.53 Å². The van der Waals surface area contributed by atoms with Crippen molar-refractivity contribution in [3.63, 3.8) is 0 Å². The Morgan fingerprint density at radius 2 is 2.35 bits per heavy atom. The highest BCUT2D eigenvalue weighted by atomic mass is 16.5. The number of nitrogen functional groups attached to an aromatic ring is 1. The molecule has 0 radical (unpaired) electrons. The van der Waals surface area contributed by atoms with Crippen LogP contribution in [0.4, 0.5) is 11.5 Å². The topological polar surface area (TPSA) is 80.5 Å². The van der Waals surface area contributed by atoms with Gasteiger partial charge in [0.15, 0.2) is 0 Å². The quantitative estimate of drug-likeness (QED) is 0.805. The van der Waals surface area contributed by atoms with Gasteiger partial charge in [-0.2, -0.15) is 0 Å². The molecule has 1 aromatic heterocycles. The second-order valence-electron chi connectivity index (χ2n) is 5.40. The zero-order valence-electron chi connectivity index (χ0n) is 11.6. The lowest BCUT2D eigenvalue weighted by molar-refractivity contribution is 0.0602. The fourth-order valence-electron chi connectivity index (χ4n) is 3.30. The van der Waals surface area contributed by atoms with Gasteiger partial charge in [0.1, 0.15) is 5.82 Å². The van der Waals surface area contributed by atoms with Gasteiger partial charge in [0, 0.05) is 24.8 Å². The van der Waals surface area contributed by atoms with E-state index in [1.807, 2.05) is 0 Å². The third-order valence-electron chi connectivity index (χ3n) is 4.32. The van der Waals surface area contributed by atoms with Gasteiger partial charge in [-0.1, -0.05) is 0 Å². The van der Waals surface area contributed by atoms with Crippen LogP contribution in [0.15, 0.2) is 12.3 Å². The molecule has 0 spiro atoms. The summed E-state index contributed by atoms with van der Waals surface area (Å²) < 4.78 is 4.73. The number of esters is 1. The second-order valence-corrected chi connectivity index (χ2v) is 5.40. The fourth-order valence-corrected chi connectivity index (χ4v) is 3.30. The maximum atomic E-state index is 11.6. The van der Waals surface area contributed by atoms with E-state index in [4.69, 9.17) is 10.5 Å². The molecular weight excluding hydrogens is 256 g/mol. The highest BCUT2D eigenvalue weighted by Gasteiger charge is 2.37. The Morgan fingerprint density at radius 3 is 3.15 bits per heavy atom. The number of nitrogens with one attached hydrogen (secondary N) is 1. The van der Waals surface area contributed by atoms with Crippen LogP contribution >= 0.6 is 0 Å². The van der Waals surface area contributed by atoms with Crippen LogP contribution in [0.2, 0.25) is 0 Å². The molecule has 1 aromatic rings. The van der Waals surface area contributed by atoms with Crippen LogP contribution in [0.3, 0.4) is 0 Å². The number of pyridine rings is 1. The van der Waals surface area contributed by atoms with E-state index in [9.17, 15) is 4.79 Å². The molecule has 6 nitrogen and oxygen atoms in total. The van der Waals surface area contributed by atoms with Gasteiger partial charge in [-0.15, -0.1) is 0 Å². The molecule has 0 saturated carbocycles. The van der Waals surface area contributed by atoms with Gasteiger partial charge in [0.05, 0.1) is 18.4 Å². The first-order chi connectivity index (χ1) is 9.70. The number of carbonyl (C=O) groups excluding carboxylic acids is 1. The number of carbonyl (C=O) groups is 1. The summed E-state index contributed by atoms with van der Waals surface area (Å²) in [6.07, 6.45) is 5.16. The van der Waals surface area contributed by atoms with Gasteiger partial charge in [-0.25, -0.2) is 9.78 Å². The first kappa shape index (κ1) is 13.2. The summed E-state index contributed by atoms with van der Waals surface area (Å²) in [4.78, 5) is 18.4. The summed E-state index contributed by atoms with van der Waals surface area (Å²) in [6.45, 7) is 2.31. The molecule has 3 heterocycles. The van der Waals surface area contributed by atoms with Crippen molar-refractivity contribution in [3.8, 4) is 0 Å². The van der Waals surface area contributed by atoms with Crippen molar-refractivity contribution in [2.75, 3.05) is 31.2 Å². The normalized spacial score (nSPS) is 25.4. The summed E-state index contributed by atoms with van der Waals surface area (Å²) in [5.74, 6) is 0.161. The van der Waals surface area contributed by atoms with Crippen LogP contribution in [0.1, 0.15) is 29.6 Å². The Labute approximate surface area is 118 Å². The highest BCUT2D eigenvalue weighted by molar-refractivity contribution is 5.97. The van der Waals surface area contributed by atoms with E-state index < -0.39 is 5.97 Å². The molecule has 3 rings (SSSR count). The predicted octanol–water partition coefficient (Wildman–Crippen LogP) is 1.10. The molecule has 2 fully saturated rings. The molecule has 2 atom stereocenters. The minimum Gasteiger partial charge on any atom is -0.465 e. The first-order valence-electron chi connectivity index (χ1n) is 7.04. The Morgan fingerprint density at radius 1 is 1.50 bits per heavy atom. The number of methoxy groups -OCH3 is 1. The highest BCUT2D eigenvalue weighted by Crippen LogP contribution is 2.31. The summed E-state index contributed by atoms with van der Waals surface area (Å²) >= 11 is 0. The Kier molecular flexibility index (Phi) is 3.48. The molecule has 0 aromatic carbocycles. The lowest BCUT2D eigenvalue weighted by atomic mass is 10.1. The van der Waals surface area contributed by atoms with Gasteiger partial charge < -0.3 is 15.8 Å². The Bertz CT molecular complexity index is 520. The van der Waals surface area contributed by atoms with Gasteiger partial charge in [0.2, 0.25) is 0 Å². The summed E-state index contributed by atoms with van der Waals surface area (Å²) in [5, 5.41) is 3.41. The molecule has 6 heteroatoms. The summed E-state index contributed by atoms with van der Waals surface area (Å²) in [5.41, 5.74) is 6.77. The lowest BCUT2D eigenvalue weighted by Crippen LogP contribution is -2.34. The number of nitrogens with zero attached hydrogens (tertiary/aromatic N) is 2. The molecule has 2 aliphatic rings. The van der Waals surface area contributed by atoms with E-state index in [0.29, 0.717) is 29.2 Å². The number of hydrogen-bond acceptors (Lipinski definition) is 6. The molecule has 20 heavy (non-hydrogen) atoms. The maximum Gasteiger partial charge on any atom is 0.340 e. The van der Waals surface area contributed by atoms with Crippen molar-refractivity contribution in [1.29, 1.82) is 0 Å². The van der Waals surface area contributed by atoms with E-state index in [0.717, 1.165) is 13.0 Å². The third-order valence-corrected chi connectivity index (χ3v) is 4.32. The van der Waals surface area contributed by atoms with E-state index in [1.165, 1.54) is 26.5 Å². The summed E-state index contributed by atoms with van der Waals surface area (Å²) in [7, 11) is 1.35. The van der Waals surface area contributed by atoms with E-state index >= 15 is 0 Å². The van der Waals surface area contributed by atoms with Gasteiger partial charge in [0.25, 0.3) is 0 Å². The third kappa shape index (κ3) is 2.20. The van der Waals surface area contributed by atoms with Gasteiger partial charge >= 0.3 is 5.97 Å². The smallest absolute Gasteiger partial charge is 0.340 e. The van der Waals surface area contributed by atoms with Crippen LogP contribution < -0.4 is 11.1 Å². The number of nitrogens with two attached hydrogens (primary N) is 1. The molecule has 2 unspecified atom stereocenters. The average Bonchev–Trinajstić information content (AvgIpc) is 3.05. The minimum atomic E-state index is -0.429. The van der Waals surface area contributed by atoms with Crippen LogP contribution in [0.5, 0.6) is 0 Å². The molecule has 0 bridgehead atoms. The van der Waals surface area contributed by atoms with E-state index in [2.05, 4.69) is 15.2 Å². The molecule has 2 saturated heterocycles. The second kappa shape index (κ2) is 5.28. The van der Waals surface area contributed by atoms with Crippen molar-refractivity contribution in [1.82, 2.24) is 9.88 Å². The number of ether oxygens (including phenoxy) is 1. The van der Waals surface area contributed by atoms with Crippen molar-refractivity contribution >= 4 is 17.5 Å². The number of anilines is 2. The van der Waals surface area contributed by atoms with Crippen LogP contribution in [0, 0.1) is 0 Å². The Hall–Kier alpha value is -1.82. The van der Waals surface area contributed by atoms with Gasteiger partial charge in [-0.05, 0) is 31.9 Å². The molecule has 0 amide bonds. The minimum absolute atomic E-state index is 0.361. The molecule has 3 N–H and O–H groups in total. The standard InChI is InChI=1S/C14H20N4O2/c1-20-14(19)9-4-6-16-13(12(9)15)17-10-5-8-18-7-2-3-11(10)18/h4,6,10-11H,2-3,5,7-8,15H2,1H3,(H,16,17). The first-order valence-corrected chi connectivity index (χ1v) is 7.04. The lowest BCUT2D eigenvalue weighted by Gasteiger charge is -2.22. The van der Waals surface area contributed by atoms with Crippen LogP contribution in [-0.2, 0) is 4.74 Å². The monoisotopic (exact) mass is 276 g/mol. The molecular formula is C14H20N4O2. The predicted molar refractivity (Wildman–Crippen MR) is 76.6 cm³/mol. The van der Waals surface area contributed by atoms with Crippen molar-refractivity contribution in [3.05, 3.63) is 17.8 Å². The molecule has 108 valence electrons. The van der Waals surface area contributed by atoms with Crippen molar-refractivity contribution in [2.24, 2.45) is 0 Å². The van der Waals surface area contributed by atoms with Crippen LogP contribution in [-0.4, -0.2) is 48.1 Å². The number of rotatable bonds is 3. The number of hydrogen-bond donors (Lipinski definition) is 2. The fraction of sp³-hybridized carbons (Fsp3) is 0.571. The zero-order valence-corrected chi connectivity index (χ0v) is 11.6. The van der Waals surface area contributed by atoms with Crippen LogP contribution in [0.25, 0.3) is 0 Å². The van der Waals surface area contributed by atoms with Crippen molar-refractivity contribution in [2.45, 2.75) is 31.3 Å². The zero-order chi connectivity index (χ0) is 14.1. The summed E-state index contributed by atoms with van der Waals surface area (Å²) in [6, 6.07) is 2.52. The maximum absolute atomic E-state index is 11.6. The largest absolute Gasteiger partial charge is 0.465 e.